The van der Waals surface area contributed by atoms with E-state index in [-0.39, 0.29) is 48.1 Å². The Morgan fingerprint density at radius 1 is 1.26 bits per heavy atom. The molecule has 1 aliphatic heterocycles. The second-order valence-corrected chi connectivity index (χ2v) is 12.1. The molecule has 0 radical (unpaired) electrons. The van der Waals surface area contributed by atoms with Crippen LogP contribution in [0.4, 0.5) is 10.2 Å². The van der Waals surface area contributed by atoms with Crippen molar-refractivity contribution in [1.82, 2.24) is 19.5 Å². The minimum absolute atomic E-state index is 0.00309. The lowest BCUT2D eigenvalue weighted by molar-refractivity contribution is -0.153. The Labute approximate surface area is 268 Å². The number of esters is 2. The molecule has 1 saturated heterocycles. The van der Waals surface area contributed by atoms with E-state index in [2.05, 4.69) is 26.2 Å². The number of ether oxygens (including phenoxy) is 3. The van der Waals surface area contributed by atoms with Gasteiger partial charge in [-0.25, -0.2) is 9.78 Å². The molecular formula is C32H34FN5O9. The van der Waals surface area contributed by atoms with Crippen LogP contribution in [0.1, 0.15) is 61.4 Å². The molecule has 3 aromatic heterocycles. The first-order valence-corrected chi connectivity index (χ1v) is 14.6. The summed E-state index contributed by atoms with van der Waals surface area (Å²) < 4.78 is 42.7. The molecule has 15 heteroatoms. The highest BCUT2D eigenvalue weighted by Crippen LogP contribution is 2.39. The number of nitrogens with one attached hydrogen (secondary N) is 1. The van der Waals surface area contributed by atoms with Crippen molar-refractivity contribution in [1.29, 1.82) is 0 Å². The molecule has 0 spiro atoms. The van der Waals surface area contributed by atoms with E-state index < -0.39 is 53.6 Å². The van der Waals surface area contributed by atoms with Crippen molar-refractivity contribution in [2.45, 2.75) is 77.7 Å². The van der Waals surface area contributed by atoms with Crippen LogP contribution in [-0.4, -0.2) is 61.5 Å². The summed E-state index contributed by atoms with van der Waals surface area (Å²) in [5.41, 5.74) is 0.0605. The van der Waals surface area contributed by atoms with Crippen LogP contribution in [0, 0.1) is 39.2 Å². The van der Waals surface area contributed by atoms with Crippen LogP contribution in [0.15, 0.2) is 32.1 Å². The standard InChI is InChI=1S/C32H34FN5O9/c1-8-32(14-43-23(40)11-31(6,7)24-17(3)9-16(2)10-21(24)46-19(5)39)26(41)20(13-44-32)38-15-35-25-27(36-29(33)37-28(25)38)34-12-22-18(4)45-30(42)47-22/h1,9-10,15,20,26,41H,11-14H2,2-7H3,(H,34,36,37)/t20?,26-,32+/m0/s1. The third-order valence-corrected chi connectivity index (χ3v) is 8.01. The van der Waals surface area contributed by atoms with Crippen molar-refractivity contribution in [3.8, 4) is 18.1 Å². The average Bonchev–Trinajstić information content (AvgIpc) is 3.63. The van der Waals surface area contributed by atoms with Crippen molar-refractivity contribution >= 4 is 28.9 Å². The molecule has 1 aliphatic rings. The third-order valence-electron chi connectivity index (χ3n) is 8.01. The fraction of sp³-hybridized carbons (Fsp3) is 0.438. The zero-order chi connectivity index (χ0) is 34.3. The first-order chi connectivity index (χ1) is 22.1. The first-order valence-electron chi connectivity index (χ1n) is 14.6. The van der Waals surface area contributed by atoms with Crippen molar-refractivity contribution in [3.63, 3.8) is 0 Å². The molecule has 0 saturated carbocycles. The summed E-state index contributed by atoms with van der Waals surface area (Å²) in [5, 5.41) is 14.3. The molecule has 3 atom stereocenters. The zero-order valence-electron chi connectivity index (χ0n) is 26.7. The number of aliphatic hydroxyl groups excluding tert-OH is 1. The van der Waals surface area contributed by atoms with E-state index >= 15 is 0 Å². The van der Waals surface area contributed by atoms with Crippen molar-refractivity contribution in [3.05, 3.63) is 63.4 Å². The molecule has 47 heavy (non-hydrogen) atoms. The molecule has 5 rings (SSSR count). The number of benzene rings is 1. The summed E-state index contributed by atoms with van der Waals surface area (Å²) in [7, 11) is 0. The Bertz CT molecular complexity index is 1960. The first kappa shape index (κ1) is 33.3. The fourth-order valence-electron chi connectivity index (χ4n) is 5.92. The topological polar surface area (TPSA) is 181 Å². The Hall–Kier alpha value is -5.07. The SMILES string of the molecule is C#C[C@]1(COC(=O)CC(C)(C)c2c(C)cc(C)cc2OC(C)=O)OCC(n2cnc3c(NCc4oc(=O)oc4C)nc(F)nc32)[C@@H]1O. The van der Waals surface area contributed by atoms with Crippen LogP contribution in [0.25, 0.3) is 11.2 Å². The van der Waals surface area contributed by atoms with Crippen molar-refractivity contribution < 1.29 is 42.1 Å². The van der Waals surface area contributed by atoms with Crippen molar-refractivity contribution in [2.75, 3.05) is 18.5 Å². The molecule has 2 N–H and O–H groups in total. The van der Waals surface area contributed by atoms with Crippen LogP contribution >= 0.6 is 0 Å². The van der Waals surface area contributed by atoms with Gasteiger partial charge in [-0.2, -0.15) is 14.4 Å². The minimum Gasteiger partial charge on any atom is -0.461 e. The monoisotopic (exact) mass is 651 g/mol. The second kappa shape index (κ2) is 12.6. The van der Waals surface area contributed by atoms with Crippen LogP contribution < -0.4 is 15.9 Å². The van der Waals surface area contributed by atoms with E-state index in [0.29, 0.717) is 11.3 Å². The van der Waals surface area contributed by atoms with Gasteiger partial charge in [0, 0.05) is 17.9 Å². The molecule has 0 aliphatic carbocycles. The van der Waals surface area contributed by atoms with Gasteiger partial charge in [-0.15, -0.1) is 6.42 Å². The van der Waals surface area contributed by atoms with Gasteiger partial charge in [-0.05, 0) is 38.0 Å². The maximum absolute atomic E-state index is 14.6. The highest BCUT2D eigenvalue weighted by Gasteiger charge is 2.51. The third kappa shape index (κ3) is 6.60. The van der Waals surface area contributed by atoms with E-state index in [9.17, 15) is 23.9 Å². The molecule has 4 heterocycles. The highest BCUT2D eigenvalue weighted by atomic mass is 19.1. The Morgan fingerprint density at radius 2 is 2.00 bits per heavy atom. The summed E-state index contributed by atoms with van der Waals surface area (Å²) >= 11 is 0. The Morgan fingerprint density at radius 3 is 2.66 bits per heavy atom. The normalized spacial score (nSPS) is 19.5. The maximum Gasteiger partial charge on any atom is 0.519 e. The van der Waals surface area contributed by atoms with Gasteiger partial charge >= 0.3 is 23.8 Å². The van der Waals surface area contributed by atoms with Gasteiger partial charge in [0.1, 0.15) is 24.2 Å². The number of halogens is 1. The largest absolute Gasteiger partial charge is 0.519 e. The van der Waals surface area contributed by atoms with Gasteiger partial charge in [-0.1, -0.05) is 25.8 Å². The van der Waals surface area contributed by atoms with Crippen LogP contribution in [0.3, 0.4) is 0 Å². The molecule has 1 fully saturated rings. The van der Waals surface area contributed by atoms with Gasteiger partial charge in [0.25, 0.3) is 0 Å². The van der Waals surface area contributed by atoms with Gasteiger partial charge in [0.05, 0.1) is 31.9 Å². The van der Waals surface area contributed by atoms with Gasteiger partial charge < -0.3 is 38.0 Å². The molecule has 248 valence electrons. The van der Waals surface area contributed by atoms with E-state index in [1.807, 2.05) is 33.8 Å². The number of hydrogen-bond acceptors (Lipinski definition) is 13. The summed E-state index contributed by atoms with van der Waals surface area (Å²) in [6, 6.07) is 2.78. The number of aryl methyl sites for hydroxylation is 3. The van der Waals surface area contributed by atoms with Crippen LogP contribution in [-0.2, 0) is 31.0 Å². The number of carbonyl (C=O) groups is 2. The van der Waals surface area contributed by atoms with E-state index in [4.69, 9.17) is 29.5 Å². The van der Waals surface area contributed by atoms with E-state index in [1.54, 1.807) is 6.07 Å². The quantitative estimate of drug-likeness (QED) is 0.111. The van der Waals surface area contributed by atoms with E-state index in [1.165, 1.54) is 24.7 Å². The maximum atomic E-state index is 14.6. The molecule has 0 amide bonds. The Kier molecular flexibility index (Phi) is 8.94. The van der Waals surface area contributed by atoms with Crippen molar-refractivity contribution in [2.24, 2.45) is 0 Å². The molecule has 1 aromatic carbocycles. The zero-order valence-corrected chi connectivity index (χ0v) is 26.7. The van der Waals surface area contributed by atoms with Crippen LogP contribution in [0.5, 0.6) is 5.75 Å². The number of nitrogens with zero attached hydrogens (tertiary/aromatic N) is 4. The lowest BCUT2D eigenvalue weighted by Gasteiger charge is -2.30. The summed E-state index contributed by atoms with van der Waals surface area (Å²) in [6.45, 7) is 9.58. The number of carbonyl (C=O) groups excluding carboxylic acids is 2. The van der Waals surface area contributed by atoms with Gasteiger partial charge in [0.2, 0.25) is 0 Å². The lowest BCUT2D eigenvalue weighted by Crippen LogP contribution is -2.45. The average molecular weight is 652 g/mol. The van der Waals surface area contributed by atoms with Gasteiger partial charge in [0.15, 0.2) is 28.3 Å². The van der Waals surface area contributed by atoms with Crippen LogP contribution in [0.2, 0.25) is 0 Å². The number of aliphatic hydroxyl groups is 1. The predicted molar refractivity (Wildman–Crippen MR) is 163 cm³/mol. The Balaban J connectivity index is 1.31. The summed E-state index contributed by atoms with van der Waals surface area (Å²) in [4.78, 5) is 48.2. The number of hydrogen-bond donors (Lipinski definition) is 2. The number of terminal acetylenes is 1. The summed E-state index contributed by atoms with van der Waals surface area (Å²) in [6.07, 6.45) is 4.54. The fourth-order valence-corrected chi connectivity index (χ4v) is 5.92. The number of anilines is 1. The minimum atomic E-state index is -1.73. The molecule has 1 unspecified atom stereocenters. The van der Waals surface area contributed by atoms with Gasteiger partial charge in [-0.3, -0.25) is 9.59 Å². The molecular weight excluding hydrogens is 617 g/mol. The molecule has 0 bridgehead atoms. The number of aromatic nitrogens is 4. The smallest absolute Gasteiger partial charge is 0.461 e. The number of rotatable bonds is 10. The molecule has 14 nitrogen and oxygen atoms in total. The predicted octanol–water partition coefficient (Wildman–Crippen LogP) is 3.19. The highest BCUT2D eigenvalue weighted by molar-refractivity contribution is 5.83. The number of fused-ring (bicyclic) bond motifs is 1. The second-order valence-electron chi connectivity index (χ2n) is 12.1. The van der Waals surface area contributed by atoms with E-state index in [0.717, 1.165) is 11.1 Å². The summed E-state index contributed by atoms with van der Waals surface area (Å²) in [5.74, 6) is 1.24. The number of imidazole rings is 1. The lowest BCUT2D eigenvalue weighted by atomic mass is 9.78. The molecule has 4 aromatic rings.